The number of anilines is 12. The molecule has 15 aromatic rings. The highest BCUT2D eigenvalue weighted by molar-refractivity contribution is 7.99. The van der Waals surface area contributed by atoms with Gasteiger partial charge in [-0.15, -0.1) is 0 Å². The number of hydrogen-bond donors (Lipinski definition) is 0. The first-order chi connectivity index (χ1) is 50.8. The van der Waals surface area contributed by atoms with Crippen LogP contribution in [-0.2, 0) is 10.8 Å². The Bertz CT molecular complexity index is 5830. The molecule has 0 atom stereocenters. The minimum Gasteiger partial charge on any atom is -0.458 e. The monoisotopic (exact) mass is 1330 g/mol. The van der Waals surface area contributed by atoms with Crippen LogP contribution in [0.15, 0.2) is 356 Å². The molecule has 8 heteroatoms. The molecule has 484 valence electrons. The maximum Gasteiger partial charge on any atom is 0.256 e. The fourth-order valence-electron chi connectivity index (χ4n) is 18.1. The van der Waals surface area contributed by atoms with Crippen molar-refractivity contribution in [3.05, 3.63) is 374 Å². The summed E-state index contributed by atoms with van der Waals surface area (Å²) in [5.41, 5.74) is 33.3. The zero-order valence-electron chi connectivity index (χ0n) is 57.2. The molecule has 5 nitrogen and oxygen atoms in total. The van der Waals surface area contributed by atoms with Gasteiger partial charge in [0.05, 0.1) is 16.8 Å². The molecule has 0 saturated heterocycles. The van der Waals surface area contributed by atoms with E-state index in [0.717, 1.165) is 90.2 Å². The van der Waals surface area contributed by atoms with E-state index >= 15 is 0 Å². The third kappa shape index (κ3) is 8.84. The third-order valence-electron chi connectivity index (χ3n) is 22.4. The number of benzene rings is 15. The molecule has 0 N–H and O–H groups in total. The van der Waals surface area contributed by atoms with Crippen molar-refractivity contribution in [3.63, 3.8) is 0 Å². The minimum absolute atomic E-state index is 0.174. The van der Waals surface area contributed by atoms with E-state index in [1.54, 1.807) is 0 Å². The second-order valence-corrected chi connectivity index (χ2v) is 30.1. The molecule has 1 aliphatic carbocycles. The summed E-state index contributed by atoms with van der Waals surface area (Å²) in [4.78, 5) is 12.6. The minimum atomic E-state index is -0.792. The van der Waals surface area contributed by atoms with Crippen molar-refractivity contribution in [1.29, 1.82) is 0 Å². The van der Waals surface area contributed by atoms with Crippen LogP contribution in [0.3, 0.4) is 0 Å². The summed E-state index contributed by atoms with van der Waals surface area (Å²) in [6.45, 7) is 6.75. The molecule has 0 saturated carbocycles. The Kier molecular flexibility index (Phi) is 13.3. The predicted molar refractivity (Wildman–Crippen MR) is 432 cm³/mol. The fraction of sp³-hybridized carbons (Fsp3) is 0.0526. The lowest BCUT2D eigenvalue weighted by atomic mass is 9.33. The van der Waals surface area contributed by atoms with Gasteiger partial charge in [0.25, 0.3) is 13.4 Å². The third-order valence-corrected chi connectivity index (χ3v) is 23.5. The fourth-order valence-corrected chi connectivity index (χ4v) is 19.3. The molecule has 103 heavy (non-hydrogen) atoms. The second-order valence-electron chi connectivity index (χ2n) is 29.0. The summed E-state index contributed by atoms with van der Waals surface area (Å²) in [5, 5.41) is 0. The van der Waals surface area contributed by atoms with E-state index < -0.39 is 5.41 Å². The van der Waals surface area contributed by atoms with Crippen LogP contribution in [0.2, 0.25) is 0 Å². The van der Waals surface area contributed by atoms with Gasteiger partial charge in [0.1, 0.15) is 11.5 Å². The van der Waals surface area contributed by atoms with Crippen LogP contribution in [0.5, 0.6) is 11.5 Å². The van der Waals surface area contributed by atoms with E-state index in [2.05, 4.69) is 386 Å². The molecule has 1 spiro atoms. The highest BCUT2D eigenvalue weighted by Gasteiger charge is 2.55. The summed E-state index contributed by atoms with van der Waals surface area (Å²) in [6.07, 6.45) is 0. The van der Waals surface area contributed by atoms with Crippen LogP contribution in [0.25, 0.3) is 33.4 Å². The standard InChI is InChI=1S/C95H66B2N4OS/c1-94(2,3)63-53-84-91-85(54-63)101(93-69(61-31-10-4-11-32-61)45-30-46-70(93)62-33-12-5-13-34-62)83-60-90-76(58-80(83)96(91)77-49-26-28-51-81(77)99(84)66-39-18-8-19-40-66)95(73-47-24-22-43-71(73)72-44-23-25-48-74(72)95)75-57-79-82(59-89(75)103-90)100(67-41-20-9-21-42-67)86-55-68(56-88-92(86)97(79)78-50-27-29-52-87(78)102-88)98(64-35-14-6-15-36-64)65-37-16-7-17-38-65/h4-60H,1-3H3. The topological polar surface area (TPSA) is 22.2 Å². The van der Waals surface area contributed by atoms with E-state index in [9.17, 15) is 0 Å². The largest absolute Gasteiger partial charge is 0.458 e. The number of fused-ring (bicyclic) bond motifs is 17. The SMILES string of the molecule is CC(C)(C)c1cc2c3c(c1)N(c1c(-c4ccccc4)cccc1-c1ccccc1)c1cc4c(cc1B3c1ccccc1N2c1ccccc1)C1(c2cc3c(cc2S4)N(c2ccccc2)c2cc(N(c4ccccc4)c4ccccc4)cc4c2B3c2ccccc2O4)c2ccccc2-c2ccccc21. The molecule has 0 radical (unpaired) electrons. The van der Waals surface area contributed by atoms with Crippen LogP contribution in [0, 0.1) is 0 Å². The van der Waals surface area contributed by atoms with Gasteiger partial charge in [0.2, 0.25) is 0 Å². The summed E-state index contributed by atoms with van der Waals surface area (Å²) < 4.78 is 7.36. The van der Waals surface area contributed by atoms with Crippen molar-refractivity contribution in [1.82, 2.24) is 0 Å². The van der Waals surface area contributed by atoms with Crippen molar-refractivity contribution in [2.45, 2.75) is 41.4 Å². The maximum absolute atomic E-state index is 7.36. The van der Waals surface area contributed by atoms with E-state index in [0.29, 0.717) is 0 Å². The zero-order valence-corrected chi connectivity index (χ0v) is 58.0. The first-order valence-electron chi connectivity index (χ1n) is 35.9. The van der Waals surface area contributed by atoms with Crippen molar-refractivity contribution < 1.29 is 4.74 Å². The summed E-state index contributed by atoms with van der Waals surface area (Å²) >= 11 is 1.93. The first-order valence-corrected chi connectivity index (χ1v) is 36.7. The highest BCUT2D eigenvalue weighted by atomic mass is 32.2. The number of rotatable bonds is 8. The van der Waals surface area contributed by atoms with E-state index in [4.69, 9.17) is 4.74 Å². The van der Waals surface area contributed by atoms with Gasteiger partial charge in [-0.25, -0.2) is 0 Å². The zero-order chi connectivity index (χ0) is 68.2. The molecule has 21 rings (SSSR count). The van der Waals surface area contributed by atoms with E-state index in [-0.39, 0.29) is 18.8 Å². The predicted octanol–water partition coefficient (Wildman–Crippen LogP) is 21.1. The van der Waals surface area contributed by atoms with Gasteiger partial charge in [-0.3, -0.25) is 0 Å². The normalized spacial score (nSPS) is 14.0. The van der Waals surface area contributed by atoms with Crippen molar-refractivity contribution in [2.75, 3.05) is 19.6 Å². The summed E-state index contributed by atoms with van der Waals surface area (Å²) in [5.74, 6) is 1.71. The highest BCUT2D eigenvalue weighted by Crippen LogP contribution is 2.64. The van der Waals surface area contributed by atoms with Crippen LogP contribution in [0.4, 0.5) is 68.2 Å². The molecule has 5 aliphatic heterocycles. The van der Waals surface area contributed by atoms with Crippen molar-refractivity contribution in [2.24, 2.45) is 0 Å². The van der Waals surface area contributed by atoms with Crippen LogP contribution >= 0.6 is 11.8 Å². The average Bonchev–Trinajstić information content (AvgIpc) is 1.64. The van der Waals surface area contributed by atoms with Crippen LogP contribution < -0.4 is 57.1 Å². The molecule has 0 fully saturated rings. The Morgan fingerprint density at radius 2 is 0.757 bits per heavy atom. The lowest BCUT2D eigenvalue weighted by Crippen LogP contribution is -2.62. The van der Waals surface area contributed by atoms with Gasteiger partial charge < -0.3 is 24.3 Å². The smallest absolute Gasteiger partial charge is 0.256 e. The molecular formula is C95H66B2N4OS. The molecule has 0 amide bonds. The number of para-hydroxylation sites is 7. The molecule has 6 aliphatic rings. The molecular weight excluding hydrogens is 1270 g/mol. The van der Waals surface area contributed by atoms with Gasteiger partial charge in [0.15, 0.2) is 0 Å². The van der Waals surface area contributed by atoms with E-state index in [1.807, 2.05) is 11.8 Å². The number of hydrogen-bond acceptors (Lipinski definition) is 6. The average molecular weight is 1330 g/mol. The van der Waals surface area contributed by atoms with E-state index in [1.165, 1.54) is 93.3 Å². The summed E-state index contributed by atoms with van der Waals surface area (Å²) in [6, 6.07) is 130. The van der Waals surface area contributed by atoms with Gasteiger partial charge in [-0.05, 0) is 179 Å². The molecule has 5 heterocycles. The van der Waals surface area contributed by atoms with Crippen LogP contribution in [-0.4, -0.2) is 13.4 Å². The number of nitrogens with zero attached hydrogens (tertiary/aromatic N) is 4. The van der Waals surface area contributed by atoms with Crippen molar-refractivity contribution >= 4 is 126 Å². The molecule has 0 aromatic heterocycles. The van der Waals surface area contributed by atoms with Crippen molar-refractivity contribution in [3.8, 4) is 44.9 Å². The lowest BCUT2D eigenvalue weighted by Gasteiger charge is -2.47. The lowest BCUT2D eigenvalue weighted by molar-refractivity contribution is 0.487. The molecule has 0 unspecified atom stereocenters. The Balaban J connectivity index is 0.887. The van der Waals surface area contributed by atoms with Gasteiger partial charge in [0, 0.05) is 83.9 Å². The van der Waals surface area contributed by atoms with Gasteiger partial charge in [-0.2, -0.15) is 0 Å². The Morgan fingerprint density at radius 3 is 1.32 bits per heavy atom. The quantitative estimate of drug-likeness (QED) is 0.140. The Hall–Kier alpha value is -12.2. The second kappa shape index (κ2) is 22.9. The van der Waals surface area contributed by atoms with Crippen LogP contribution in [0.1, 0.15) is 48.6 Å². The molecule has 0 bridgehead atoms. The molecule has 15 aromatic carbocycles. The first kappa shape index (κ1) is 59.6. The van der Waals surface area contributed by atoms with Gasteiger partial charge >= 0.3 is 0 Å². The summed E-state index contributed by atoms with van der Waals surface area (Å²) in [7, 11) is 0. The number of ether oxygens (including phenoxy) is 1. The maximum atomic E-state index is 7.36. The van der Waals surface area contributed by atoms with Gasteiger partial charge in [-0.1, -0.05) is 281 Å². The Labute approximate surface area is 606 Å². The Morgan fingerprint density at radius 1 is 0.320 bits per heavy atom.